The molecule has 1 aromatic carbocycles. The van der Waals surface area contributed by atoms with Gasteiger partial charge in [-0.3, -0.25) is 19.7 Å². The highest BCUT2D eigenvalue weighted by molar-refractivity contribution is 5.90. The number of benzene rings is 1. The Kier molecular flexibility index (Phi) is 8.12. The molecule has 5 aliphatic rings. The highest BCUT2D eigenvalue weighted by Gasteiger charge is 2.60. The van der Waals surface area contributed by atoms with E-state index in [1.54, 1.807) is 11.5 Å². The van der Waals surface area contributed by atoms with Crippen LogP contribution in [0.3, 0.4) is 0 Å². The molecule has 1 aromatic rings. The van der Waals surface area contributed by atoms with E-state index in [1.807, 2.05) is 6.07 Å². The minimum absolute atomic E-state index is 0.0483. The Hall–Kier alpha value is -2.72. The standard InChI is InChI=1S/C30H44FN5O4/c1-28-12-21-13-29(2,17-28)19-30(14-21,18-28)34-27(39)33-24-8-7-20(11-23(24)31)15-36-10-4-5-22(16-36)26(38)32-9-3-6-25(37)35-40/h7-8,11,21-22,40H,3-6,9-10,12-19H2,1-2H3,(H,32,38)(H,35,37)(H2,33,34,39)/t21?,22-,28-,29+,30?/m0/s1. The summed E-state index contributed by atoms with van der Waals surface area (Å²) in [7, 11) is 0. The number of nitrogens with one attached hydrogen (secondary N) is 4. The summed E-state index contributed by atoms with van der Waals surface area (Å²) in [6.07, 6.45) is 8.98. The molecule has 5 N–H and O–H groups in total. The highest BCUT2D eigenvalue weighted by Crippen LogP contribution is 2.66. The lowest BCUT2D eigenvalue weighted by molar-refractivity contribution is -0.130. The molecule has 220 valence electrons. The molecule has 1 heterocycles. The maximum Gasteiger partial charge on any atom is 0.319 e. The molecule has 5 fully saturated rings. The number of urea groups is 1. The number of rotatable bonds is 9. The van der Waals surface area contributed by atoms with Gasteiger partial charge in [0, 0.05) is 31.6 Å². The highest BCUT2D eigenvalue weighted by atomic mass is 19.1. The summed E-state index contributed by atoms with van der Waals surface area (Å²) in [5.41, 5.74) is 2.91. The zero-order valence-corrected chi connectivity index (χ0v) is 23.8. The van der Waals surface area contributed by atoms with Gasteiger partial charge in [-0.05, 0) is 98.8 Å². The second-order valence-electron chi connectivity index (χ2n) is 13.8. The Morgan fingerprint density at radius 3 is 2.52 bits per heavy atom. The van der Waals surface area contributed by atoms with E-state index < -0.39 is 11.7 Å². The number of hydrogen-bond donors (Lipinski definition) is 5. The molecule has 4 saturated carbocycles. The Labute approximate surface area is 236 Å². The SMILES string of the molecule is C[C@]12CC3CC(NC(=O)Nc4ccc(CN5CCC[C@H](C(=O)NCCCC(=O)NO)C5)cc4F)(C1)C[C@@](C)(C3)C2. The van der Waals surface area contributed by atoms with Crippen molar-refractivity contribution in [2.45, 2.75) is 90.1 Å². The van der Waals surface area contributed by atoms with Gasteiger partial charge in [0.25, 0.3) is 0 Å². The smallest absolute Gasteiger partial charge is 0.319 e. The van der Waals surface area contributed by atoms with Gasteiger partial charge in [0.2, 0.25) is 11.8 Å². The molecule has 40 heavy (non-hydrogen) atoms. The van der Waals surface area contributed by atoms with Gasteiger partial charge in [0.05, 0.1) is 11.6 Å². The van der Waals surface area contributed by atoms with Crippen molar-refractivity contribution in [1.82, 2.24) is 21.0 Å². The quantitative estimate of drug-likeness (QED) is 0.176. The zero-order chi connectivity index (χ0) is 28.5. The van der Waals surface area contributed by atoms with E-state index in [9.17, 15) is 14.4 Å². The van der Waals surface area contributed by atoms with Crippen LogP contribution in [0, 0.1) is 28.5 Å². The maximum atomic E-state index is 15.1. The maximum absolute atomic E-state index is 15.1. The first-order chi connectivity index (χ1) is 19.0. The minimum atomic E-state index is -0.474. The fourth-order valence-corrected chi connectivity index (χ4v) is 9.07. The van der Waals surface area contributed by atoms with Crippen molar-refractivity contribution < 1.29 is 24.0 Å². The third-order valence-corrected chi connectivity index (χ3v) is 9.57. The molecule has 4 aliphatic carbocycles. The number of amides is 4. The number of carbonyl (C=O) groups is 3. The van der Waals surface area contributed by atoms with Crippen LogP contribution in [0.25, 0.3) is 0 Å². The summed E-state index contributed by atoms with van der Waals surface area (Å²) in [5, 5.41) is 17.5. The van der Waals surface area contributed by atoms with Crippen LogP contribution in [0.4, 0.5) is 14.9 Å². The fraction of sp³-hybridized carbons (Fsp3) is 0.700. The van der Waals surface area contributed by atoms with Gasteiger partial charge < -0.3 is 16.0 Å². The number of nitrogens with zero attached hydrogens (tertiary/aromatic N) is 1. The number of halogens is 1. The Balaban J connectivity index is 1.11. The lowest BCUT2D eigenvalue weighted by atomic mass is 9.43. The van der Waals surface area contributed by atoms with E-state index in [1.165, 1.54) is 25.3 Å². The molecule has 4 amide bonds. The summed E-state index contributed by atoms with van der Waals surface area (Å²) in [6.45, 7) is 7.02. The third-order valence-electron chi connectivity index (χ3n) is 9.57. The van der Waals surface area contributed by atoms with Gasteiger partial charge in [-0.2, -0.15) is 0 Å². The summed E-state index contributed by atoms with van der Waals surface area (Å²) < 4.78 is 15.1. The Bertz CT molecular complexity index is 1130. The summed E-state index contributed by atoms with van der Waals surface area (Å²) >= 11 is 0. The molecule has 1 saturated heterocycles. The van der Waals surface area contributed by atoms with E-state index in [0.29, 0.717) is 32.0 Å². The first-order valence-corrected chi connectivity index (χ1v) is 14.8. The molecule has 5 atom stereocenters. The van der Waals surface area contributed by atoms with Gasteiger partial charge in [-0.1, -0.05) is 19.9 Å². The van der Waals surface area contributed by atoms with Crippen LogP contribution in [0.15, 0.2) is 18.2 Å². The van der Waals surface area contributed by atoms with Crippen molar-refractivity contribution >= 4 is 23.5 Å². The summed E-state index contributed by atoms with van der Waals surface area (Å²) in [5.74, 6) is -0.492. The molecule has 1 aliphatic heterocycles. The lowest BCUT2D eigenvalue weighted by Gasteiger charge is -2.65. The molecule has 0 radical (unpaired) electrons. The first kappa shape index (κ1) is 28.8. The number of likely N-dealkylation sites (tertiary alicyclic amines) is 1. The van der Waals surface area contributed by atoms with Crippen LogP contribution in [-0.2, 0) is 16.1 Å². The number of hydrogen-bond acceptors (Lipinski definition) is 5. The summed E-state index contributed by atoms with van der Waals surface area (Å²) in [6, 6.07) is 4.60. The van der Waals surface area contributed by atoms with Gasteiger partial charge in [0.15, 0.2) is 0 Å². The van der Waals surface area contributed by atoms with Crippen LogP contribution in [-0.4, -0.2) is 53.1 Å². The van der Waals surface area contributed by atoms with Crippen LogP contribution in [0.2, 0.25) is 0 Å². The topological polar surface area (TPSA) is 123 Å². The second-order valence-corrected chi connectivity index (χ2v) is 13.8. The predicted molar refractivity (Wildman–Crippen MR) is 149 cm³/mol. The average molecular weight is 558 g/mol. The zero-order valence-electron chi connectivity index (χ0n) is 23.8. The molecule has 0 spiro atoms. The van der Waals surface area contributed by atoms with Crippen LogP contribution in [0.5, 0.6) is 0 Å². The molecule has 6 rings (SSSR count). The number of carbonyl (C=O) groups excluding carboxylic acids is 3. The monoisotopic (exact) mass is 557 g/mol. The van der Waals surface area contributed by atoms with Gasteiger partial charge in [0.1, 0.15) is 5.82 Å². The van der Waals surface area contributed by atoms with E-state index in [4.69, 9.17) is 5.21 Å². The molecule has 0 aromatic heterocycles. The molecular formula is C30H44FN5O4. The Morgan fingerprint density at radius 2 is 1.85 bits per heavy atom. The molecule has 4 bridgehead atoms. The number of hydroxylamine groups is 1. The number of anilines is 1. The van der Waals surface area contributed by atoms with Crippen molar-refractivity contribution in [3.8, 4) is 0 Å². The lowest BCUT2D eigenvalue weighted by Crippen LogP contribution is -2.65. The van der Waals surface area contributed by atoms with E-state index in [0.717, 1.165) is 44.2 Å². The predicted octanol–water partition coefficient (Wildman–Crippen LogP) is 4.31. The van der Waals surface area contributed by atoms with Crippen LogP contribution in [0.1, 0.15) is 83.6 Å². The third kappa shape index (κ3) is 6.60. The molecule has 10 heteroatoms. The second kappa shape index (κ2) is 11.3. The minimum Gasteiger partial charge on any atom is -0.356 e. The first-order valence-electron chi connectivity index (χ1n) is 14.8. The molecule has 2 unspecified atom stereocenters. The van der Waals surface area contributed by atoms with E-state index >= 15 is 4.39 Å². The normalized spacial score (nSPS) is 32.9. The van der Waals surface area contributed by atoms with E-state index in [-0.39, 0.29) is 46.3 Å². The summed E-state index contributed by atoms with van der Waals surface area (Å²) in [4.78, 5) is 38.9. The largest absolute Gasteiger partial charge is 0.356 e. The Morgan fingerprint density at radius 1 is 1.10 bits per heavy atom. The van der Waals surface area contributed by atoms with Crippen LogP contribution >= 0.6 is 0 Å². The van der Waals surface area contributed by atoms with Crippen molar-refractivity contribution in [3.63, 3.8) is 0 Å². The van der Waals surface area contributed by atoms with Gasteiger partial charge in [-0.15, -0.1) is 0 Å². The molecule has 9 nitrogen and oxygen atoms in total. The molecular weight excluding hydrogens is 513 g/mol. The van der Waals surface area contributed by atoms with Gasteiger partial charge in [-0.25, -0.2) is 14.7 Å². The van der Waals surface area contributed by atoms with Crippen molar-refractivity contribution in [2.75, 3.05) is 25.0 Å². The van der Waals surface area contributed by atoms with Crippen molar-refractivity contribution in [2.24, 2.45) is 22.7 Å². The van der Waals surface area contributed by atoms with Crippen molar-refractivity contribution in [1.29, 1.82) is 0 Å². The fourth-order valence-electron chi connectivity index (χ4n) is 9.07. The van der Waals surface area contributed by atoms with Crippen LogP contribution < -0.4 is 21.4 Å². The average Bonchev–Trinajstić information content (AvgIpc) is 2.85. The van der Waals surface area contributed by atoms with Gasteiger partial charge >= 0.3 is 6.03 Å². The number of piperidine rings is 1. The van der Waals surface area contributed by atoms with E-state index in [2.05, 4.69) is 34.7 Å². The van der Waals surface area contributed by atoms with Crippen molar-refractivity contribution in [3.05, 3.63) is 29.6 Å².